The quantitative estimate of drug-likeness (QED) is 0.775. The minimum atomic E-state index is 0.161. The molecule has 0 aliphatic heterocycles. The van der Waals surface area contributed by atoms with Crippen LogP contribution >= 0.6 is 15.9 Å². The van der Waals surface area contributed by atoms with Gasteiger partial charge in [-0.3, -0.25) is 4.79 Å². The fourth-order valence-corrected chi connectivity index (χ4v) is 2.75. The van der Waals surface area contributed by atoms with Crippen molar-refractivity contribution in [2.45, 2.75) is 26.2 Å². The number of carbonyl (C=O) groups excluding carboxylic acids is 1. The van der Waals surface area contributed by atoms with Crippen LogP contribution in [0.4, 0.5) is 0 Å². The van der Waals surface area contributed by atoms with Crippen molar-refractivity contribution in [3.05, 3.63) is 10.3 Å². The van der Waals surface area contributed by atoms with E-state index in [2.05, 4.69) is 33.2 Å². The Hall–Kier alpha value is -0.710. The van der Waals surface area contributed by atoms with Crippen LogP contribution in [0, 0.1) is 11.8 Å². The summed E-state index contributed by atoms with van der Waals surface area (Å²) in [7, 11) is 1.75. The molecule has 1 fully saturated rings. The van der Waals surface area contributed by atoms with E-state index in [4.69, 9.17) is 0 Å². The number of rotatable bonds is 2. The minimum absolute atomic E-state index is 0.161. The van der Waals surface area contributed by atoms with Gasteiger partial charge in [-0.1, -0.05) is 12.1 Å². The maximum atomic E-state index is 12.2. The van der Waals surface area contributed by atoms with Crippen LogP contribution in [0.2, 0.25) is 0 Å². The van der Waals surface area contributed by atoms with E-state index in [9.17, 15) is 4.79 Å². The van der Waals surface area contributed by atoms with E-state index in [-0.39, 0.29) is 11.7 Å². The lowest BCUT2D eigenvalue weighted by Crippen LogP contribution is -2.16. The molecule has 0 spiro atoms. The Morgan fingerprint density at radius 2 is 2.27 bits per heavy atom. The number of nitrogens with zero attached hydrogens (tertiary/aromatic N) is 3. The molecule has 1 aliphatic rings. The van der Waals surface area contributed by atoms with Crippen LogP contribution in [0.1, 0.15) is 36.7 Å². The SMILES string of the molecule is CC1CCC(C(=O)c2c(Br)nnn2C)C1. The van der Waals surface area contributed by atoms with Crippen molar-refractivity contribution in [1.29, 1.82) is 0 Å². The summed E-state index contributed by atoms with van der Waals surface area (Å²) < 4.78 is 2.12. The Morgan fingerprint density at radius 3 is 2.73 bits per heavy atom. The van der Waals surface area contributed by atoms with Gasteiger partial charge in [0, 0.05) is 13.0 Å². The summed E-state index contributed by atoms with van der Waals surface area (Å²) in [5.74, 6) is 1.01. The van der Waals surface area contributed by atoms with Crippen LogP contribution < -0.4 is 0 Å². The highest BCUT2D eigenvalue weighted by Gasteiger charge is 2.31. The predicted molar refractivity (Wildman–Crippen MR) is 59.5 cm³/mol. The monoisotopic (exact) mass is 271 g/mol. The van der Waals surface area contributed by atoms with Gasteiger partial charge >= 0.3 is 0 Å². The van der Waals surface area contributed by atoms with E-state index in [1.807, 2.05) is 0 Å². The van der Waals surface area contributed by atoms with Gasteiger partial charge in [0.15, 0.2) is 10.4 Å². The highest BCUT2D eigenvalue weighted by atomic mass is 79.9. The van der Waals surface area contributed by atoms with Crippen molar-refractivity contribution in [2.24, 2.45) is 18.9 Å². The van der Waals surface area contributed by atoms with E-state index in [1.54, 1.807) is 11.7 Å². The molecule has 5 heteroatoms. The summed E-state index contributed by atoms with van der Waals surface area (Å²) in [4.78, 5) is 12.2. The standard InChI is InChI=1S/C10H14BrN3O/c1-6-3-4-7(5-6)9(15)8-10(11)12-13-14(8)2/h6-7H,3-5H2,1-2H3. The average Bonchev–Trinajstić information content (AvgIpc) is 2.73. The smallest absolute Gasteiger partial charge is 0.186 e. The van der Waals surface area contributed by atoms with Crippen molar-refractivity contribution in [3.63, 3.8) is 0 Å². The number of Topliss-reactive ketones (excluding diaryl/α,β-unsaturated/α-hetero) is 1. The van der Waals surface area contributed by atoms with Crippen LogP contribution in [-0.4, -0.2) is 20.8 Å². The number of aryl methyl sites for hydroxylation is 1. The van der Waals surface area contributed by atoms with Gasteiger partial charge in [0.2, 0.25) is 0 Å². The third-order valence-corrected chi connectivity index (χ3v) is 3.62. The lowest BCUT2D eigenvalue weighted by Gasteiger charge is -2.07. The lowest BCUT2D eigenvalue weighted by atomic mass is 9.99. The second-order valence-electron chi connectivity index (χ2n) is 4.33. The zero-order valence-electron chi connectivity index (χ0n) is 8.90. The Bertz CT molecular complexity index is 369. The Labute approximate surface area is 97.2 Å². The highest BCUT2D eigenvalue weighted by molar-refractivity contribution is 9.10. The van der Waals surface area contributed by atoms with Gasteiger partial charge in [0.1, 0.15) is 5.69 Å². The van der Waals surface area contributed by atoms with Gasteiger partial charge in [0.25, 0.3) is 0 Å². The number of halogens is 1. The Morgan fingerprint density at radius 1 is 1.53 bits per heavy atom. The molecule has 0 amide bonds. The van der Waals surface area contributed by atoms with E-state index in [1.165, 1.54) is 0 Å². The molecule has 15 heavy (non-hydrogen) atoms. The third-order valence-electron chi connectivity index (χ3n) is 3.08. The van der Waals surface area contributed by atoms with Gasteiger partial charge in [-0.05, 0) is 41.1 Å². The van der Waals surface area contributed by atoms with Gasteiger partial charge in [-0.2, -0.15) is 0 Å². The first kappa shape index (κ1) is 10.8. The first-order chi connectivity index (χ1) is 7.09. The molecular weight excluding hydrogens is 258 g/mol. The molecular formula is C10H14BrN3O. The Kier molecular flexibility index (Phi) is 2.91. The lowest BCUT2D eigenvalue weighted by molar-refractivity contribution is 0.0910. The number of ketones is 1. The molecule has 2 atom stereocenters. The highest BCUT2D eigenvalue weighted by Crippen LogP contribution is 2.33. The van der Waals surface area contributed by atoms with E-state index in [0.29, 0.717) is 16.2 Å². The molecule has 2 rings (SSSR count). The van der Waals surface area contributed by atoms with Crippen LogP contribution in [0.5, 0.6) is 0 Å². The second kappa shape index (κ2) is 4.04. The molecule has 1 saturated carbocycles. The summed E-state index contributed by atoms with van der Waals surface area (Å²) in [6, 6.07) is 0. The normalized spacial score (nSPS) is 25.8. The minimum Gasteiger partial charge on any atom is -0.292 e. The molecule has 0 saturated heterocycles. The molecule has 82 valence electrons. The van der Waals surface area contributed by atoms with Gasteiger partial charge in [-0.25, -0.2) is 4.68 Å². The van der Waals surface area contributed by atoms with Gasteiger partial charge in [-0.15, -0.1) is 5.10 Å². The fraction of sp³-hybridized carbons (Fsp3) is 0.700. The van der Waals surface area contributed by atoms with Crippen LogP contribution in [-0.2, 0) is 7.05 Å². The molecule has 0 bridgehead atoms. The maximum Gasteiger partial charge on any atom is 0.186 e. The summed E-state index contributed by atoms with van der Waals surface area (Å²) in [6.07, 6.45) is 3.15. The Balaban J connectivity index is 2.21. The molecule has 4 nitrogen and oxygen atoms in total. The number of hydrogen-bond acceptors (Lipinski definition) is 3. The molecule has 0 N–H and O–H groups in total. The van der Waals surface area contributed by atoms with E-state index < -0.39 is 0 Å². The first-order valence-corrected chi connectivity index (χ1v) is 5.98. The van der Waals surface area contributed by atoms with Crippen molar-refractivity contribution in [1.82, 2.24) is 15.0 Å². The average molecular weight is 272 g/mol. The largest absolute Gasteiger partial charge is 0.292 e. The number of carbonyl (C=O) groups is 1. The van der Waals surface area contributed by atoms with Crippen molar-refractivity contribution < 1.29 is 4.79 Å². The van der Waals surface area contributed by atoms with Crippen LogP contribution in [0.15, 0.2) is 4.60 Å². The molecule has 1 aliphatic carbocycles. The van der Waals surface area contributed by atoms with E-state index >= 15 is 0 Å². The molecule has 1 aromatic heterocycles. The van der Waals surface area contributed by atoms with E-state index in [0.717, 1.165) is 19.3 Å². The summed E-state index contributed by atoms with van der Waals surface area (Å²) in [5.41, 5.74) is 0.606. The molecule has 0 aromatic carbocycles. The van der Waals surface area contributed by atoms with Crippen molar-refractivity contribution >= 4 is 21.7 Å². The third kappa shape index (κ3) is 1.97. The zero-order chi connectivity index (χ0) is 11.0. The van der Waals surface area contributed by atoms with Gasteiger partial charge in [0.05, 0.1) is 0 Å². The zero-order valence-corrected chi connectivity index (χ0v) is 10.5. The van der Waals surface area contributed by atoms with Crippen LogP contribution in [0.25, 0.3) is 0 Å². The topological polar surface area (TPSA) is 47.8 Å². The van der Waals surface area contributed by atoms with Crippen LogP contribution in [0.3, 0.4) is 0 Å². The number of aromatic nitrogens is 3. The fourth-order valence-electron chi connectivity index (χ4n) is 2.23. The van der Waals surface area contributed by atoms with Crippen molar-refractivity contribution in [2.75, 3.05) is 0 Å². The van der Waals surface area contributed by atoms with Gasteiger partial charge < -0.3 is 0 Å². The molecule has 0 radical (unpaired) electrons. The molecule has 2 unspecified atom stereocenters. The summed E-state index contributed by atoms with van der Waals surface area (Å²) in [5, 5.41) is 7.66. The summed E-state index contributed by atoms with van der Waals surface area (Å²) in [6.45, 7) is 2.20. The first-order valence-electron chi connectivity index (χ1n) is 5.19. The van der Waals surface area contributed by atoms with Crippen molar-refractivity contribution in [3.8, 4) is 0 Å². The maximum absolute atomic E-state index is 12.2. The molecule has 1 heterocycles. The summed E-state index contributed by atoms with van der Waals surface area (Å²) >= 11 is 3.26. The second-order valence-corrected chi connectivity index (χ2v) is 5.08. The number of hydrogen-bond donors (Lipinski definition) is 0. The predicted octanol–water partition coefficient (Wildman–Crippen LogP) is 2.20. The molecule has 1 aromatic rings.